The van der Waals surface area contributed by atoms with Crippen LogP contribution in [0.1, 0.15) is 19.7 Å². The van der Waals surface area contributed by atoms with Crippen molar-refractivity contribution < 1.29 is 14.3 Å². The number of para-hydroxylation sites is 1. The third-order valence-electron chi connectivity index (χ3n) is 4.68. The smallest absolute Gasteiger partial charge is 0.230 e. The summed E-state index contributed by atoms with van der Waals surface area (Å²) in [7, 11) is 1.66. The average molecular weight is 455 g/mol. The second-order valence-corrected chi connectivity index (χ2v) is 8.62. The number of carbonyl (C=O) groups is 1. The third kappa shape index (κ3) is 6.83. The van der Waals surface area contributed by atoms with Crippen molar-refractivity contribution in [1.82, 2.24) is 20.1 Å². The number of hydrogen-bond acceptors (Lipinski definition) is 6. The Labute approximate surface area is 193 Å². The molecule has 1 heterocycles. The van der Waals surface area contributed by atoms with E-state index in [9.17, 15) is 4.79 Å². The largest absolute Gasteiger partial charge is 0.485 e. The second kappa shape index (κ2) is 12.3. The van der Waals surface area contributed by atoms with Crippen LogP contribution >= 0.6 is 11.8 Å². The Morgan fingerprint density at radius 3 is 2.59 bits per heavy atom. The standard InChI is InChI=1S/C24H30N4O3S/c1-18(2)15-25-23(29)17-32-24-27-26-22(28(24)13-14-30-3)16-31-21-12-8-7-11-20(21)19-9-5-4-6-10-19/h4-12,18H,13-17H2,1-3H3,(H,25,29). The van der Waals surface area contributed by atoms with Gasteiger partial charge in [0.05, 0.1) is 12.4 Å². The van der Waals surface area contributed by atoms with Crippen molar-refractivity contribution in [3.8, 4) is 16.9 Å². The number of carbonyl (C=O) groups excluding carboxylic acids is 1. The number of amides is 1. The van der Waals surface area contributed by atoms with E-state index in [4.69, 9.17) is 9.47 Å². The molecule has 1 N–H and O–H groups in total. The van der Waals surface area contributed by atoms with Crippen LogP contribution in [0.3, 0.4) is 0 Å². The molecule has 170 valence electrons. The second-order valence-electron chi connectivity index (χ2n) is 7.68. The molecule has 7 nitrogen and oxygen atoms in total. The van der Waals surface area contributed by atoms with Crippen LogP contribution in [-0.2, 0) is 22.7 Å². The molecule has 8 heteroatoms. The Balaban J connectivity index is 1.70. The van der Waals surface area contributed by atoms with Gasteiger partial charge < -0.3 is 19.4 Å². The highest BCUT2D eigenvalue weighted by Crippen LogP contribution is 2.30. The van der Waals surface area contributed by atoms with Crippen molar-refractivity contribution in [1.29, 1.82) is 0 Å². The first-order valence-corrected chi connectivity index (χ1v) is 11.6. The highest BCUT2D eigenvalue weighted by atomic mass is 32.2. The minimum atomic E-state index is -0.0143. The van der Waals surface area contributed by atoms with E-state index in [1.807, 2.05) is 47.0 Å². The molecule has 3 rings (SSSR count). The molecule has 3 aromatic rings. The number of nitrogens with zero attached hydrogens (tertiary/aromatic N) is 3. The van der Waals surface area contributed by atoms with E-state index in [0.717, 1.165) is 16.9 Å². The van der Waals surface area contributed by atoms with Crippen LogP contribution in [0.25, 0.3) is 11.1 Å². The van der Waals surface area contributed by atoms with Crippen LogP contribution in [0.5, 0.6) is 5.75 Å². The monoisotopic (exact) mass is 454 g/mol. The minimum Gasteiger partial charge on any atom is -0.485 e. The van der Waals surface area contributed by atoms with Gasteiger partial charge in [-0.05, 0) is 17.5 Å². The summed E-state index contributed by atoms with van der Waals surface area (Å²) in [6, 6.07) is 18.1. The molecule has 0 aliphatic rings. The van der Waals surface area contributed by atoms with Crippen molar-refractivity contribution in [2.24, 2.45) is 5.92 Å². The van der Waals surface area contributed by atoms with Gasteiger partial charge in [-0.3, -0.25) is 4.79 Å². The van der Waals surface area contributed by atoms with E-state index in [2.05, 4.69) is 41.5 Å². The van der Waals surface area contributed by atoms with Crippen molar-refractivity contribution in [2.45, 2.75) is 32.2 Å². The van der Waals surface area contributed by atoms with Crippen LogP contribution in [0.2, 0.25) is 0 Å². The maximum absolute atomic E-state index is 12.1. The van der Waals surface area contributed by atoms with Gasteiger partial charge in [0, 0.05) is 25.8 Å². The topological polar surface area (TPSA) is 78.3 Å². The minimum absolute atomic E-state index is 0.0143. The Bertz CT molecular complexity index is 992. The normalized spacial score (nSPS) is 11.0. The molecule has 2 aromatic carbocycles. The Morgan fingerprint density at radius 2 is 1.84 bits per heavy atom. The van der Waals surface area contributed by atoms with Crippen LogP contribution in [0.15, 0.2) is 59.8 Å². The lowest BCUT2D eigenvalue weighted by molar-refractivity contribution is -0.118. The maximum Gasteiger partial charge on any atom is 0.230 e. The SMILES string of the molecule is COCCn1c(COc2ccccc2-c2ccccc2)nnc1SCC(=O)NCC(C)C. The molecule has 0 aliphatic carbocycles. The van der Waals surface area contributed by atoms with E-state index in [0.29, 0.717) is 36.6 Å². The van der Waals surface area contributed by atoms with Crippen molar-refractivity contribution in [3.05, 3.63) is 60.4 Å². The molecule has 0 fully saturated rings. The Hall–Kier alpha value is -2.84. The van der Waals surface area contributed by atoms with Gasteiger partial charge in [0.25, 0.3) is 0 Å². The number of methoxy groups -OCH3 is 1. The molecule has 1 aromatic heterocycles. The van der Waals surface area contributed by atoms with Crippen molar-refractivity contribution >= 4 is 17.7 Å². The summed E-state index contributed by atoms with van der Waals surface area (Å²) in [5, 5.41) is 12.2. The van der Waals surface area contributed by atoms with Crippen LogP contribution < -0.4 is 10.1 Å². The Kier molecular flexibility index (Phi) is 9.13. The lowest BCUT2D eigenvalue weighted by atomic mass is 10.1. The first-order chi connectivity index (χ1) is 15.6. The number of hydrogen-bond donors (Lipinski definition) is 1. The molecule has 0 saturated heterocycles. The van der Waals surface area contributed by atoms with Gasteiger partial charge in [-0.2, -0.15) is 0 Å². The maximum atomic E-state index is 12.1. The van der Waals surface area contributed by atoms with E-state index < -0.39 is 0 Å². The fourth-order valence-corrected chi connectivity index (χ4v) is 3.84. The van der Waals surface area contributed by atoms with Crippen LogP contribution in [0, 0.1) is 5.92 Å². The zero-order valence-electron chi connectivity index (χ0n) is 18.8. The fraction of sp³-hybridized carbons (Fsp3) is 0.375. The lowest BCUT2D eigenvalue weighted by Crippen LogP contribution is -2.28. The highest BCUT2D eigenvalue weighted by molar-refractivity contribution is 7.99. The van der Waals surface area contributed by atoms with E-state index in [-0.39, 0.29) is 18.3 Å². The number of ether oxygens (including phenoxy) is 2. The zero-order chi connectivity index (χ0) is 22.8. The third-order valence-corrected chi connectivity index (χ3v) is 5.65. The summed E-state index contributed by atoms with van der Waals surface area (Å²) in [5.74, 6) is 2.16. The van der Waals surface area contributed by atoms with E-state index in [1.165, 1.54) is 11.8 Å². The summed E-state index contributed by atoms with van der Waals surface area (Å²) in [6.07, 6.45) is 0. The van der Waals surface area contributed by atoms with Crippen LogP contribution in [0.4, 0.5) is 0 Å². The summed E-state index contributed by atoms with van der Waals surface area (Å²) >= 11 is 1.37. The molecule has 0 spiro atoms. The lowest BCUT2D eigenvalue weighted by Gasteiger charge is -2.13. The quantitative estimate of drug-likeness (QED) is 0.416. The zero-order valence-corrected chi connectivity index (χ0v) is 19.6. The summed E-state index contributed by atoms with van der Waals surface area (Å²) in [6.45, 7) is 6.15. The molecular weight excluding hydrogens is 424 g/mol. The fourth-order valence-electron chi connectivity index (χ4n) is 3.03. The van der Waals surface area contributed by atoms with Gasteiger partial charge in [-0.1, -0.05) is 74.1 Å². The van der Waals surface area contributed by atoms with Gasteiger partial charge in [0.1, 0.15) is 12.4 Å². The summed E-state index contributed by atoms with van der Waals surface area (Å²) in [5.41, 5.74) is 2.11. The van der Waals surface area contributed by atoms with Gasteiger partial charge in [0.2, 0.25) is 5.91 Å². The average Bonchev–Trinajstić information content (AvgIpc) is 3.20. The number of nitrogens with one attached hydrogen (secondary N) is 1. The predicted octanol–water partition coefficient (Wildman–Crippen LogP) is 4.03. The van der Waals surface area contributed by atoms with Gasteiger partial charge in [-0.25, -0.2) is 0 Å². The molecule has 0 aliphatic heterocycles. The number of rotatable bonds is 12. The number of aromatic nitrogens is 3. The van der Waals surface area contributed by atoms with E-state index >= 15 is 0 Å². The number of benzene rings is 2. The highest BCUT2D eigenvalue weighted by Gasteiger charge is 2.16. The molecule has 0 radical (unpaired) electrons. The molecule has 1 amide bonds. The summed E-state index contributed by atoms with van der Waals surface area (Å²) in [4.78, 5) is 12.1. The van der Waals surface area contributed by atoms with E-state index in [1.54, 1.807) is 7.11 Å². The van der Waals surface area contributed by atoms with Gasteiger partial charge in [0.15, 0.2) is 11.0 Å². The first kappa shape index (κ1) is 23.8. The van der Waals surface area contributed by atoms with Gasteiger partial charge in [-0.15, -0.1) is 10.2 Å². The van der Waals surface area contributed by atoms with Crippen LogP contribution in [-0.4, -0.2) is 46.7 Å². The molecule has 0 unspecified atom stereocenters. The molecule has 0 atom stereocenters. The van der Waals surface area contributed by atoms with Crippen molar-refractivity contribution in [3.63, 3.8) is 0 Å². The molecule has 0 saturated carbocycles. The van der Waals surface area contributed by atoms with Crippen molar-refractivity contribution in [2.75, 3.05) is 26.0 Å². The Morgan fingerprint density at radius 1 is 1.09 bits per heavy atom. The number of thioether (sulfide) groups is 1. The first-order valence-electron chi connectivity index (χ1n) is 10.7. The summed E-state index contributed by atoms with van der Waals surface area (Å²) < 4.78 is 13.4. The van der Waals surface area contributed by atoms with Gasteiger partial charge >= 0.3 is 0 Å². The molecule has 32 heavy (non-hydrogen) atoms. The molecular formula is C24H30N4O3S. The molecule has 0 bridgehead atoms. The predicted molar refractivity (Wildman–Crippen MR) is 127 cm³/mol.